The minimum absolute atomic E-state index is 0.0393. The molecule has 1 N–H and O–H groups in total. The van der Waals surface area contributed by atoms with E-state index in [9.17, 15) is 4.79 Å². The Morgan fingerprint density at radius 1 is 0.875 bits per heavy atom. The van der Waals surface area contributed by atoms with Crippen LogP contribution in [0.4, 0.5) is 0 Å². The molecule has 3 aromatic carbocycles. The molecule has 4 heteroatoms. The molecule has 0 spiro atoms. The Labute approximate surface area is 190 Å². The predicted octanol–water partition coefficient (Wildman–Crippen LogP) is 5.50. The Hall–Kier alpha value is -3.66. The van der Waals surface area contributed by atoms with Gasteiger partial charge in [-0.25, -0.2) is 4.98 Å². The number of amides is 1. The number of carbonyl (C=O) groups is 1. The van der Waals surface area contributed by atoms with Crippen LogP contribution in [0.3, 0.4) is 0 Å². The first-order valence-electron chi connectivity index (χ1n) is 11.0. The zero-order valence-corrected chi connectivity index (χ0v) is 18.9. The first-order valence-corrected chi connectivity index (χ1v) is 11.0. The number of benzene rings is 3. The van der Waals surface area contributed by atoms with Crippen LogP contribution in [0.25, 0.3) is 11.1 Å². The second-order valence-corrected chi connectivity index (χ2v) is 8.40. The maximum Gasteiger partial charge on any atom is 0.251 e. The van der Waals surface area contributed by atoms with E-state index >= 15 is 0 Å². The van der Waals surface area contributed by atoms with E-state index in [2.05, 4.69) is 83.3 Å². The van der Waals surface area contributed by atoms with Gasteiger partial charge in [-0.1, -0.05) is 71.8 Å². The Balaban J connectivity index is 1.36. The molecule has 4 aromatic rings. The number of rotatable bonds is 7. The molecule has 1 amide bonds. The minimum atomic E-state index is -0.0393. The lowest BCUT2D eigenvalue weighted by Gasteiger charge is -2.11. The summed E-state index contributed by atoms with van der Waals surface area (Å²) < 4.78 is 2.14. The van der Waals surface area contributed by atoms with Gasteiger partial charge in [-0.2, -0.15) is 0 Å². The Morgan fingerprint density at radius 3 is 2.22 bits per heavy atom. The number of aromatic nitrogens is 2. The molecule has 0 radical (unpaired) electrons. The molecule has 0 atom stereocenters. The van der Waals surface area contributed by atoms with Gasteiger partial charge in [0.1, 0.15) is 0 Å². The topological polar surface area (TPSA) is 46.9 Å². The molecule has 0 aliphatic rings. The number of aryl methyl sites for hydroxylation is 3. The molecule has 1 aromatic heterocycles. The fourth-order valence-corrected chi connectivity index (χ4v) is 3.83. The average Bonchev–Trinajstić information content (AvgIpc) is 3.22. The third-order valence-corrected chi connectivity index (χ3v) is 5.79. The largest absolute Gasteiger partial charge is 0.352 e. The second kappa shape index (κ2) is 9.65. The van der Waals surface area contributed by atoms with Crippen molar-refractivity contribution in [3.8, 4) is 11.1 Å². The highest BCUT2D eigenvalue weighted by atomic mass is 16.1. The fraction of sp³-hybridized carbons (Fsp3) is 0.214. The summed E-state index contributed by atoms with van der Waals surface area (Å²) in [5.74, 6) is -0.0393. The lowest BCUT2D eigenvalue weighted by atomic mass is 9.99. The quantitative estimate of drug-likeness (QED) is 0.427. The normalized spacial score (nSPS) is 10.8. The van der Waals surface area contributed by atoms with Crippen LogP contribution in [0.5, 0.6) is 0 Å². The van der Waals surface area contributed by atoms with Gasteiger partial charge in [-0.05, 0) is 49.1 Å². The summed E-state index contributed by atoms with van der Waals surface area (Å²) in [6.45, 7) is 7.51. The fourth-order valence-electron chi connectivity index (χ4n) is 3.83. The molecule has 0 saturated carbocycles. The maximum atomic E-state index is 12.8. The van der Waals surface area contributed by atoms with E-state index in [4.69, 9.17) is 0 Å². The molecule has 4 rings (SSSR count). The van der Waals surface area contributed by atoms with Gasteiger partial charge in [-0.3, -0.25) is 4.79 Å². The predicted molar refractivity (Wildman–Crippen MR) is 130 cm³/mol. The Kier molecular flexibility index (Phi) is 6.50. The Morgan fingerprint density at radius 2 is 1.53 bits per heavy atom. The van der Waals surface area contributed by atoms with Crippen molar-refractivity contribution in [1.82, 2.24) is 14.9 Å². The highest BCUT2D eigenvalue weighted by molar-refractivity contribution is 5.96. The van der Waals surface area contributed by atoms with Gasteiger partial charge in [0.05, 0.1) is 6.33 Å². The monoisotopic (exact) mass is 423 g/mol. The van der Waals surface area contributed by atoms with Gasteiger partial charge < -0.3 is 9.88 Å². The van der Waals surface area contributed by atoms with Gasteiger partial charge in [0.2, 0.25) is 0 Å². The standard InChI is InChI=1S/C28H29N3O/c1-20-4-8-23(9-5-20)18-31-19-29-17-26(31)14-15-30-28(32)27-13-12-25(16-22(27)3)24-10-6-21(2)7-11-24/h4-13,16-17,19H,14-15,18H2,1-3H3,(H,30,32). The van der Waals surface area contributed by atoms with Crippen LogP contribution in [0, 0.1) is 20.8 Å². The van der Waals surface area contributed by atoms with E-state index in [0.717, 1.165) is 35.3 Å². The summed E-state index contributed by atoms with van der Waals surface area (Å²) in [7, 11) is 0. The zero-order chi connectivity index (χ0) is 22.5. The van der Waals surface area contributed by atoms with Crippen LogP contribution in [0.15, 0.2) is 79.3 Å². The van der Waals surface area contributed by atoms with Crippen LogP contribution in [-0.4, -0.2) is 22.0 Å². The lowest BCUT2D eigenvalue weighted by Crippen LogP contribution is -2.27. The SMILES string of the molecule is Cc1ccc(Cn2cncc2CCNC(=O)c2ccc(-c3ccc(C)cc3)cc2C)cc1. The van der Waals surface area contributed by atoms with Crippen molar-refractivity contribution in [1.29, 1.82) is 0 Å². The molecule has 162 valence electrons. The molecule has 0 saturated heterocycles. The molecule has 4 nitrogen and oxygen atoms in total. The van der Waals surface area contributed by atoms with Crippen molar-refractivity contribution < 1.29 is 4.79 Å². The summed E-state index contributed by atoms with van der Waals surface area (Å²) in [5, 5.41) is 3.06. The van der Waals surface area contributed by atoms with Crippen LogP contribution < -0.4 is 5.32 Å². The van der Waals surface area contributed by atoms with Gasteiger partial charge in [-0.15, -0.1) is 0 Å². The number of nitrogens with one attached hydrogen (secondary N) is 1. The average molecular weight is 424 g/mol. The minimum Gasteiger partial charge on any atom is -0.352 e. The van der Waals surface area contributed by atoms with Crippen molar-refractivity contribution in [3.63, 3.8) is 0 Å². The summed E-state index contributed by atoms with van der Waals surface area (Å²) in [6, 6.07) is 23.0. The van der Waals surface area contributed by atoms with E-state index in [1.54, 1.807) is 0 Å². The Bertz CT molecular complexity index is 1200. The molecular formula is C28H29N3O. The molecule has 32 heavy (non-hydrogen) atoms. The highest BCUT2D eigenvalue weighted by Crippen LogP contribution is 2.23. The van der Waals surface area contributed by atoms with Crippen LogP contribution in [0.1, 0.15) is 38.3 Å². The number of imidazole rings is 1. The third-order valence-electron chi connectivity index (χ3n) is 5.79. The van der Waals surface area contributed by atoms with E-state index in [1.165, 1.54) is 16.7 Å². The van der Waals surface area contributed by atoms with E-state index in [1.807, 2.05) is 31.6 Å². The van der Waals surface area contributed by atoms with Crippen molar-refractivity contribution in [2.45, 2.75) is 33.7 Å². The van der Waals surface area contributed by atoms with Crippen molar-refractivity contribution in [3.05, 3.63) is 113 Å². The van der Waals surface area contributed by atoms with Gasteiger partial charge in [0.25, 0.3) is 5.91 Å². The molecule has 0 unspecified atom stereocenters. The lowest BCUT2D eigenvalue weighted by molar-refractivity contribution is 0.0953. The second-order valence-electron chi connectivity index (χ2n) is 8.40. The molecule has 0 fully saturated rings. The summed E-state index contributed by atoms with van der Waals surface area (Å²) in [6.07, 6.45) is 4.46. The van der Waals surface area contributed by atoms with Gasteiger partial charge >= 0.3 is 0 Å². The molecule has 0 aliphatic heterocycles. The summed E-state index contributed by atoms with van der Waals surface area (Å²) >= 11 is 0. The number of hydrogen-bond acceptors (Lipinski definition) is 2. The highest BCUT2D eigenvalue weighted by Gasteiger charge is 2.11. The molecule has 0 bridgehead atoms. The van der Waals surface area contributed by atoms with E-state index in [-0.39, 0.29) is 5.91 Å². The molecular weight excluding hydrogens is 394 g/mol. The third kappa shape index (κ3) is 5.14. The molecule has 1 heterocycles. The van der Waals surface area contributed by atoms with Crippen molar-refractivity contribution in [2.75, 3.05) is 6.54 Å². The van der Waals surface area contributed by atoms with E-state index < -0.39 is 0 Å². The van der Waals surface area contributed by atoms with E-state index in [0.29, 0.717) is 12.1 Å². The summed E-state index contributed by atoms with van der Waals surface area (Å²) in [5.41, 5.74) is 8.82. The number of hydrogen-bond donors (Lipinski definition) is 1. The van der Waals surface area contributed by atoms with Gasteiger partial charge in [0.15, 0.2) is 0 Å². The van der Waals surface area contributed by atoms with Crippen LogP contribution in [0.2, 0.25) is 0 Å². The van der Waals surface area contributed by atoms with Gasteiger partial charge in [0, 0.05) is 37.0 Å². The summed E-state index contributed by atoms with van der Waals surface area (Å²) in [4.78, 5) is 17.1. The van der Waals surface area contributed by atoms with Crippen LogP contribution in [-0.2, 0) is 13.0 Å². The number of nitrogens with zero attached hydrogens (tertiary/aromatic N) is 2. The molecule has 0 aliphatic carbocycles. The zero-order valence-electron chi connectivity index (χ0n) is 18.9. The van der Waals surface area contributed by atoms with Crippen molar-refractivity contribution in [2.24, 2.45) is 0 Å². The van der Waals surface area contributed by atoms with Crippen molar-refractivity contribution >= 4 is 5.91 Å². The smallest absolute Gasteiger partial charge is 0.251 e. The first-order chi connectivity index (χ1) is 15.5. The maximum absolute atomic E-state index is 12.8. The first kappa shape index (κ1) is 21.6. The number of carbonyl (C=O) groups excluding carboxylic acids is 1. The van der Waals surface area contributed by atoms with Crippen LogP contribution >= 0.6 is 0 Å².